The van der Waals surface area contributed by atoms with E-state index in [4.69, 9.17) is 26.1 Å². The predicted octanol–water partition coefficient (Wildman–Crippen LogP) is 1.11. The highest BCUT2D eigenvalue weighted by Crippen LogP contribution is 2.34. The first-order valence-corrected chi connectivity index (χ1v) is 6.21. The van der Waals surface area contributed by atoms with Crippen molar-refractivity contribution in [2.75, 3.05) is 5.32 Å². The molecule has 0 bridgehead atoms. The number of fused-ring (bicyclic) bond motifs is 1. The van der Waals surface area contributed by atoms with Gasteiger partial charge in [-0.05, 0) is 36.4 Å². The number of nitrogens with one attached hydrogen (secondary N) is 1. The second kappa shape index (κ2) is 4.83. The second-order valence-electron chi connectivity index (χ2n) is 4.32. The fourth-order valence-electron chi connectivity index (χ4n) is 2.03. The molecule has 0 atom stereocenters. The van der Waals surface area contributed by atoms with Crippen LogP contribution in [-0.2, 0) is 4.79 Å². The lowest BCUT2D eigenvalue weighted by Gasteiger charge is -1.98. The normalized spacial score (nSPS) is 15.3. The Morgan fingerprint density at radius 3 is 2.75 bits per heavy atom. The van der Waals surface area contributed by atoms with Crippen molar-refractivity contribution in [3.63, 3.8) is 0 Å². The summed E-state index contributed by atoms with van der Waals surface area (Å²) in [5.74, 6) is 0.0934. The summed E-state index contributed by atoms with van der Waals surface area (Å²) >= 11 is 5.93. The molecule has 2 heterocycles. The van der Waals surface area contributed by atoms with Gasteiger partial charge in [-0.1, -0.05) is 11.6 Å². The predicted molar refractivity (Wildman–Crippen MR) is 76.5 cm³/mol. The number of halogens is 1. The molecule has 3 rings (SSSR count). The lowest BCUT2D eigenvalue weighted by atomic mass is 9.88. The van der Waals surface area contributed by atoms with Crippen LogP contribution in [0.3, 0.4) is 0 Å². The maximum atomic E-state index is 11.9. The number of amides is 1. The van der Waals surface area contributed by atoms with Crippen LogP contribution in [0.25, 0.3) is 11.6 Å². The molecular formula is C13H9BClNO4. The van der Waals surface area contributed by atoms with Gasteiger partial charge in [0.2, 0.25) is 0 Å². The molecule has 7 heteroatoms. The van der Waals surface area contributed by atoms with Crippen molar-refractivity contribution in [2.45, 2.75) is 0 Å². The molecule has 1 aromatic carbocycles. The van der Waals surface area contributed by atoms with Crippen molar-refractivity contribution in [3.05, 3.63) is 46.7 Å². The third-order valence-corrected chi connectivity index (χ3v) is 3.19. The highest BCUT2D eigenvalue weighted by Gasteiger charge is 2.25. The zero-order valence-corrected chi connectivity index (χ0v) is 10.9. The molecule has 0 aliphatic carbocycles. The molecule has 0 unspecified atom stereocenters. The Balaban J connectivity index is 2.03. The van der Waals surface area contributed by atoms with E-state index in [0.29, 0.717) is 27.6 Å². The molecule has 0 radical (unpaired) electrons. The highest BCUT2D eigenvalue weighted by atomic mass is 35.5. The number of rotatable bonds is 2. The van der Waals surface area contributed by atoms with Gasteiger partial charge in [0.05, 0.1) is 5.57 Å². The monoisotopic (exact) mass is 289 g/mol. The molecular weight excluding hydrogens is 280 g/mol. The molecule has 5 nitrogen and oxygen atoms in total. The standard InChI is InChI=1S/C13H9BClNO4/c15-7-1-3-11-9(5-7)10(13(17)16-11)6-8-2-4-12(20-8)14(18)19/h1-6,18-19H,(H,16,17). The Kier molecular flexibility index (Phi) is 3.14. The summed E-state index contributed by atoms with van der Waals surface area (Å²) in [5, 5.41) is 21.2. The van der Waals surface area contributed by atoms with E-state index in [1.807, 2.05) is 0 Å². The zero-order valence-electron chi connectivity index (χ0n) is 10.1. The van der Waals surface area contributed by atoms with Crippen LogP contribution >= 0.6 is 11.6 Å². The molecule has 0 saturated heterocycles. The van der Waals surface area contributed by atoms with Gasteiger partial charge in [-0.3, -0.25) is 4.79 Å². The van der Waals surface area contributed by atoms with Crippen molar-refractivity contribution in [1.29, 1.82) is 0 Å². The second-order valence-corrected chi connectivity index (χ2v) is 4.75. The first-order chi connectivity index (χ1) is 9.54. The molecule has 20 heavy (non-hydrogen) atoms. The minimum atomic E-state index is -1.68. The van der Waals surface area contributed by atoms with E-state index in [1.54, 1.807) is 24.3 Å². The Hall–Kier alpha value is -2.02. The Morgan fingerprint density at radius 1 is 1.25 bits per heavy atom. The first kappa shape index (κ1) is 13.0. The molecule has 0 fully saturated rings. The molecule has 2 aromatic rings. The van der Waals surface area contributed by atoms with E-state index < -0.39 is 7.12 Å². The van der Waals surface area contributed by atoms with Gasteiger partial charge < -0.3 is 19.8 Å². The number of hydrogen-bond donors (Lipinski definition) is 3. The van der Waals surface area contributed by atoms with Crippen molar-refractivity contribution in [3.8, 4) is 0 Å². The lowest BCUT2D eigenvalue weighted by Crippen LogP contribution is -2.27. The van der Waals surface area contributed by atoms with Crippen molar-refractivity contribution in [2.24, 2.45) is 0 Å². The Labute approximate surface area is 119 Å². The Morgan fingerprint density at radius 2 is 2.05 bits per heavy atom. The topological polar surface area (TPSA) is 82.7 Å². The summed E-state index contributed by atoms with van der Waals surface area (Å²) in [5.41, 5.74) is 1.79. The lowest BCUT2D eigenvalue weighted by molar-refractivity contribution is -0.110. The summed E-state index contributed by atoms with van der Waals surface area (Å²) in [6.07, 6.45) is 1.53. The van der Waals surface area contributed by atoms with E-state index in [0.717, 1.165) is 0 Å². The molecule has 0 spiro atoms. The first-order valence-electron chi connectivity index (χ1n) is 5.83. The molecule has 100 valence electrons. The summed E-state index contributed by atoms with van der Waals surface area (Å²) in [6.45, 7) is 0. The van der Waals surface area contributed by atoms with Gasteiger partial charge in [-0.15, -0.1) is 0 Å². The van der Waals surface area contributed by atoms with Crippen molar-refractivity contribution < 1.29 is 19.3 Å². The van der Waals surface area contributed by atoms with Crippen LogP contribution in [-0.4, -0.2) is 23.1 Å². The Bertz CT molecular complexity index is 723. The van der Waals surface area contributed by atoms with E-state index in [2.05, 4.69) is 5.32 Å². The van der Waals surface area contributed by atoms with E-state index in [1.165, 1.54) is 12.1 Å². The van der Waals surface area contributed by atoms with Gasteiger partial charge in [-0.2, -0.15) is 0 Å². The highest BCUT2D eigenvalue weighted by molar-refractivity contribution is 6.57. The number of furan rings is 1. The fourth-order valence-corrected chi connectivity index (χ4v) is 2.20. The summed E-state index contributed by atoms with van der Waals surface area (Å²) in [7, 11) is -1.68. The number of anilines is 1. The molecule has 3 N–H and O–H groups in total. The van der Waals surface area contributed by atoms with Crippen LogP contribution in [0, 0.1) is 0 Å². The van der Waals surface area contributed by atoms with E-state index in [9.17, 15) is 4.79 Å². The van der Waals surface area contributed by atoms with E-state index in [-0.39, 0.29) is 11.6 Å². The largest absolute Gasteiger partial charge is 0.526 e. The average Bonchev–Trinajstić information content (AvgIpc) is 2.97. The van der Waals surface area contributed by atoms with Gasteiger partial charge in [0.15, 0.2) is 0 Å². The number of benzene rings is 1. The quantitative estimate of drug-likeness (QED) is 0.571. The molecule has 1 aromatic heterocycles. The van der Waals surface area contributed by atoms with Gasteiger partial charge in [-0.25, -0.2) is 0 Å². The van der Waals surface area contributed by atoms with Gasteiger partial charge in [0.1, 0.15) is 11.4 Å². The average molecular weight is 289 g/mol. The van der Waals surface area contributed by atoms with Crippen LogP contribution < -0.4 is 11.0 Å². The van der Waals surface area contributed by atoms with Crippen LogP contribution in [0.2, 0.25) is 5.02 Å². The van der Waals surface area contributed by atoms with Crippen molar-refractivity contribution >= 4 is 47.6 Å². The third-order valence-electron chi connectivity index (χ3n) is 2.95. The molecule has 0 saturated carbocycles. The molecule has 1 aliphatic rings. The SMILES string of the molecule is O=C1Nc2ccc(Cl)cc2C1=Cc1ccc(B(O)O)o1. The minimum Gasteiger partial charge on any atom is -0.465 e. The number of carbonyl (C=O) groups excluding carboxylic acids is 1. The summed E-state index contributed by atoms with van der Waals surface area (Å²) < 4.78 is 5.21. The number of carbonyl (C=O) groups is 1. The maximum Gasteiger partial charge on any atom is 0.526 e. The van der Waals surface area contributed by atoms with Crippen LogP contribution in [0.5, 0.6) is 0 Å². The van der Waals surface area contributed by atoms with E-state index >= 15 is 0 Å². The van der Waals surface area contributed by atoms with Gasteiger partial charge >= 0.3 is 7.12 Å². The number of hydrogen-bond acceptors (Lipinski definition) is 4. The summed E-state index contributed by atoms with van der Waals surface area (Å²) in [4.78, 5) is 11.9. The van der Waals surface area contributed by atoms with Crippen LogP contribution in [0.15, 0.2) is 34.7 Å². The minimum absolute atomic E-state index is 0.0153. The van der Waals surface area contributed by atoms with Gasteiger partial charge in [0.25, 0.3) is 5.91 Å². The maximum absolute atomic E-state index is 11.9. The third kappa shape index (κ3) is 2.25. The van der Waals surface area contributed by atoms with Crippen molar-refractivity contribution in [1.82, 2.24) is 0 Å². The molecule has 1 amide bonds. The smallest absolute Gasteiger partial charge is 0.465 e. The summed E-state index contributed by atoms with van der Waals surface area (Å²) in [6, 6.07) is 8.09. The fraction of sp³-hybridized carbons (Fsp3) is 0. The molecule has 1 aliphatic heterocycles. The zero-order chi connectivity index (χ0) is 14.3. The van der Waals surface area contributed by atoms with Crippen LogP contribution in [0.4, 0.5) is 5.69 Å². The van der Waals surface area contributed by atoms with Gasteiger partial charge in [0, 0.05) is 16.3 Å². The van der Waals surface area contributed by atoms with Crippen LogP contribution in [0.1, 0.15) is 11.3 Å².